The molecule has 3 heteroatoms. The lowest BCUT2D eigenvalue weighted by Crippen LogP contribution is -2.15. The number of hydrogen-bond donors (Lipinski definition) is 2. The number of thiol groups is 1. The van der Waals surface area contributed by atoms with E-state index >= 15 is 0 Å². The Kier molecular flexibility index (Phi) is 6.28. The maximum atomic E-state index is 5.56. The van der Waals surface area contributed by atoms with Crippen molar-refractivity contribution in [2.24, 2.45) is 0 Å². The predicted molar refractivity (Wildman–Crippen MR) is 67.8 cm³/mol. The fraction of sp³-hybridized carbons (Fsp3) is 0.500. The quantitative estimate of drug-likeness (QED) is 0.549. The van der Waals surface area contributed by atoms with E-state index in [2.05, 4.69) is 37.0 Å². The zero-order valence-corrected chi connectivity index (χ0v) is 10.1. The molecule has 0 aliphatic carbocycles. The summed E-state index contributed by atoms with van der Waals surface area (Å²) in [4.78, 5) is 0. The Bertz CT molecular complexity index is 278. The number of benzene rings is 1. The Morgan fingerprint density at radius 3 is 3.00 bits per heavy atom. The molecule has 0 saturated heterocycles. The van der Waals surface area contributed by atoms with Gasteiger partial charge in [0, 0.05) is 18.8 Å². The summed E-state index contributed by atoms with van der Waals surface area (Å²) in [5.74, 6) is 1.83. The minimum atomic E-state index is 0.785. The number of hydrogen-bond acceptors (Lipinski definition) is 3. The fourth-order valence-electron chi connectivity index (χ4n) is 1.28. The summed E-state index contributed by atoms with van der Waals surface area (Å²) in [6, 6.07) is 8.21. The Balaban J connectivity index is 2.42. The maximum absolute atomic E-state index is 5.56. The summed E-state index contributed by atoms with van der Waals surface area (Å²) in [5, 5.41) is 3.30. The van der Waals surface area contributed by atoms with E-state index in [1.165, 1.54) is 5.56 Å². The highest BCUT2D eigenvalue weighted by Crippen LogP contribution is 2.13. The zero-order valence-electron chi connectivity index (χ0n) is 9.20. The zero-order chi connectivity index (χ0) is 10.9. The molecule has 1 N–H and O–H groups in total. The molecule has 0 unspecified atom stereocenters. The molecular weight excluding hydrogens is 206 g/mol. The molecule has 15 heavy (non-hydrogen) atoms. The van der Waals surface area contributed by atoms with Gasteiger partial charge in [0.2, 0.25) is 0 Å². The van der Waals surface area contributed by atoms with Crippen molar-refractivity contribution in [1.29, 1.82) is 0 Å². The molecule has 0 heterocycles. The average Bonchev–Trinajstić information content (AvgIpc) is 2.27. The SMILES string of the molecule is CCCOc1cccc(CNCCS)c1. The van der Waals surface area contributed by atoms with Crippen LogP contribution in [-0.4, -0.2) is 18.9 Å². The molecule has 2 nitrogen and oxygen atoms in total. The first kappa shape index (κ1) is 12.4. The third kappa shape index (κ3) is 5.09. The Labute approximate surface area is 97.4 Å². The van der Waals surface area contributed by atoms with E-state index in [1.54, 1.807) is 0 Å². The normalized spacial score (nSPS) is 10.3. The summed E-state index contributed by atoms with van der Waals surface area (Å²) in [6.45, 7) is 4.71. The molecule has 0 bridgehead atoms. The van der Waals surface area contributed by atoms with E-state index in [0.717, 1.165) is 37.6 Å². The van der Waals surface area contributed by atoms with E-state index < -0.39 is 0 Å². The largest absolute Gasteiger partial charge is 0.494 e. The first-order valence-electron chi connectivity index (χ1n) is 5.40. The molecule has 1 rings (SSSR count). The van der Waals surface area contributed by atoms with Crippen LogP contribution in [0.1, 0.15) is 18.9 Å². The van der Waals surface area contributed by atoms with E-state index in [4.69, 9.17) is 4.74 Å². The first-order chi connectivity index (χ1) is 7.36. The predicted octanol–water partition coefficient (Wildman–Crippen LogP) is 2.49. The molecule has 0 aliphatic rings. The van der Waals surface area contributed by atoms with Crippen molar-refractivity contribution in [3.8, 4) is 5.75 Å². The lowest BCUT2D eigenvalue weighted by atomic mass is 10.2. The fourth-order valence-corrected chi connectivity index (χ4v) is 1.44. The second-order valence-corrected chi connectivity index (χ2v) is 3.84. The highest BCUT2D eigenvalue weighted by atomic mass is 32.1. The summed E-state index contributed by atoms with van der Waals surface area (Å²) < 4.78 is 5.56. The Morgan fingerprint density at radius 1 is 1.40 bits per heavy atom. The van der Waals surface area contributed by atoms with E-state index in [1.807, 2.05) is 12.1 Å². The second-order valence-electron chi connectivity index (χ2n) is 3.40. The lowest BCUT2D eigenvalue weighted by molar-refractivity contribution is 0.317. The van der Waals surface area contributed by atoms with Crippen LogP contribution in [0.3, 0.4) is 0 Å². The van der Waals surface area contributed by atoms with Crippen LogP contribution < -0.4 is 10.1 Å². The van der Waals surface area contributed by atoms with Crippen molar-refractivity contribution in [1.82, 2.24) is 5.32 Å². The average molecular weight is 225 g/mol. The maximum Gasteiger partial charge on any atom is 0.119 e. The van der Waals surface area contributed by atoms with Crippen molar-refractivity contribution in [2.45, 2.75) is 19.9 Å². The van der Waals surface area contributed by atoms with Crippen molar-refractivity contribution < 1.29 is 4.74 Å². The minimum Gasteiger partial charge on any atom is -0.494 e. The van der Waals surface area contributed by atoms with Crippen LogP contribution in [-0.2, 0) is 6.54 Å². The minimum absolute atomic E-state index is 0.785. The monoisotopic (exact) mass is 225 g/mol. The van der Waals surface area contributed by atoms with Crippen molar-refractivity contribution in [2.75, 3.05) is 18.9 Å². The molecule has 0 fully saturated rings. The molecule has 1 aromatic rings. The summed E-state index contributed by atoms with van der Waals surface area (Å²) >= 11 is 4.15. The van der Waals surface area contributed by atoms with E-state index in [9.17, 15) is 0 Å². The molecule has 0 amide bonds. The third-order valence-electron chi connectivity index (χ3n) is 1.99. The lowest BCUT2D eigenvalue weighted by Gasteiger charge is -2.07. The van der Waals surface area contributed by atoms with Gasteiger partial charge in [0.1, 0.15) is 5.75 Å². The molecule has 0 aromatic heterocycles. The van der Waals surface area contributed by atoms with Crippen LogP contribution in [0.2, 0.25) is 0 Å². The topological polar surface area (TPSA) is 21.3 Å². The van der Waals surface area contributed by atoms with Crippen LogP contribution in [0, 0.1) is 0 Å². The second kappa shape index (κ2) is 7.60. The third-order valence-corrected chi connectivity index (χ3v) is 2.21. The highest BCUT2D eigenvalue weighted by molar-refractivity contribution is 7.80. The molecule has 1 aromatic carbocycles. The number of nitrogens with one attached hydrogen (secondary N) is 1. The molecular formula is C12H19NOS. The van der Waals surface area contributed by atoms with Gasteiger partial charge in [-0.2, -0.15) is 12.6 Å². The van der Waals surface area contributed by atoms with Crippen molar-refractivity contribution >= 4 is 12.6 Å². The van der Waals surface area contributed by atoms with Gasteiger partial charge in [0.05, 0.1) is 6.61 Å². The van der Waals surface area contributed by atoms with Gasteiger partial charge >= 0.3 is 0 Å². The van der Waals surface area contributed by atoms with Crippen molar-refractivity contribution in [3.63, 3.8) is 0 Å². The standard InChI is InChI=1S/C12H19NOS/c1-2-7-14-12-5-3-4-11(9-12)10-13-6-8-15/h3-5,9,13,15H,2,6-8,10H2,1H3. The van der Waals surface area contributed by atoms with Crippen LogP contribution in [0.4, 0.5) is 0 Å². The Hall–Kier alpha value is -0.670. The van der Waals surface area contributed by atoms with Crippen LogP contribution >= 0.6 is 12.6 Å². The highest BCUT2D eigenvalue weighted by Gasteiger charge is 1.96. The van der Waals surface area contributed by atoms with Crippen LogP contribution in [0.5, 0.6) is 5.75 Å². The first-order valence-corrected chi connectivity index (χ1v) is 6.03. The molecule has 0 aliphatic heterocycles. The molecule has 0 radical (unpaired) electrons. The van der Waals surface area contributed by atoms with Gasteiger partial charge in [-0.3, -0.25) is 0 Å². The summed E-state index contributed by atoms with van der Waals surface area (Å²) in [7, 11) is 0. The van der Waals surface area contributed by atoms with Gasteiger partial charge in [-0.1, -0.05) is 19.1 Å². The number of rotatable bonds is 7. The van der Waals surface area contributed by atoms with Gasteiger partial charge in [-0.15, -0.1) is 0 Å². The number of ether oxygens (including phenoxy) is 1. The van der Waals surface area contributed by atoms with Gasteiger partial charge in [-0.25, -0.2) is 0 Å². The van der Waals surface area contributed by atoms with E-state index in [0.29, 0.717) is 0 Å². The van der Waals surface area contributed by atoms with Crippen molar-refractivity contribution in [3.05, 3.63) is 29.8 Å². The van der Waals surface area contributed by atoms with Crippen LogP contribution in [0.15, 0.2) is 24.3 Å². The molecule has 84 valence electrons. The van der Waals surface area contributed by atoms with Gasteiger partial charge in [0.25, 0.3) is 0 Å². The Morgan fingerprint density at radius 2 is 2.27 bits per heavy atom. The molecule has 0 saturated carbocycles. The smallest absolute Gasteiger partial charge is 0.119 e. The van der Waals surface area contributed by atoms with Gasteiger partial charge < -0.3 is 10.1 Å². The van der Waals surface area contributed by atoms with E-state index in [-0.39, 0.29) is 0 Å². The summed E-state index contributed by atoms with van der Waals surface area (Å²) in [5.41, 5.74) is 1.25. The molecule has 0 atom stereocenters. The van der Waals surface area contributed by atoms with Gasteiger partial charge in [0.15, 0.2) is 0 Å². The summed E-state index contributed by atoms with van der Waals surface area (Å²) in [6.07, 6.45) is 1.04. The molecule has 0 spiro atoms. The van der Waals surface area contributed by atoms with Crippen LogP contribution in [0.25, 0.3) is 0 Å². The van der Waals surface area contributed by atoms with Gasteiger partial charge in [-0.05, 0) is 24.1 Å².